The maximum absolute atomic E-state index is 12.3. The third-order valence-electron chi connectivity index (χ3n) is 4.21. The van der Waals surface area contributed by atoms with E-state index in [4.69, 9.17) is 0 Å². The zero-order chi connectivity index (χ0) is 18.2. The van der Waals surface area contributed by atoms with Crippen LogP contribution in [0.15, 0.2) is 42.5 Å². The zero-order valence-corrected chi connectivity index (χ0v) is 14.8. The second kappa shape index (κ2) is 6.33. The Labute approximate surface area is 146 Å². The predicted octanol–water partition coefficient (Wildman–Crippen LogP) is 2.62. The number of rotatable bonds is 3. The van der Waals surface area contributed by atoms with Gasteiger partial charge in [0.25, 0.3) is 5.91 Å². The first-order valence-corrected chi connectivity index (χ1v) is 9.43. The molecule has 2 aromatic rings. The van der Waals surface area contributed by atoms with Crippen molar-refractivity contribution in [2.75, 3.05) is 15.4 Å². The topological polar surface area (TPSA) is 83.6 Å². The first-order chi connectivity index (χ1) is 11.8. The zero-order valence-electron chi connectivity index (χ0n) is 13.9. The van der Waals surface area contributed by atoms with Gasteiger partial charge in [0.2, 0.25) is 15.9 Å². The Hall–Kier alpha value is -2.67. The average molecular weight is 358 g/mol. The van der Waals surface area contributed by atoms with Gasteiger partial charge in [0.05, 0.1) is 11.4 Å². The summed E-state index contributed by atoms with van der Waals surface area (Å²) in [6, 6.07) is 11.6. The van der Waals surface area contributed by atoms with E-state index < -0.39 is 15.9 Å². The highest BCUT2D eigenvalue weighted by Gasteiger charge is 2.36. The van der Waals surface area contributed by atoms with Crippen LogP contribution in [0.1, 0.15) is 27.9 Å². The van der Waals surface area contributed by atoms with Gasteiger partial charge in [-0.3, -0.25) is 9.59 Å². The molecule has 1 aliphatic heterocycles. The Morgan fingerprint density at radius 1 is 1.04 bits per heavy atom. The summed E-state index contributed by atoms with van der Waals surface area (Å²) in [5, 5.41) is 2.80. The smallest absolute Gasteiger partial charge is 0.255 e. The van der Waals surface area contributed by atoms with Gasteiger partial charge in [-0.15, -0.1) is 0 Å². The maximum Gasteiger partial charge on any atom is 0.255 e. The molecule has 7 heteroatoms. The molecule has 0 spiro atoms. The number of hydrogen-bond donors (Lipinski definition) is 1. The molecule has 2 aromatic carbocycles. The third kappa shape index (κ3) is 3.41. The highest BCUT2D eigenvalue weighted by atomic mass is 32.2. The lowest BCUT2D eigenvalue weighted by molar-refractivity contribution is -0.116. The molecule has 0 aromatic heterocycles. The van der Waals surface area contributed by atoms with Gasteiger partial charge in [-0.25, -0.2) is 12.7 Å². The number of carbonyl (C=O) groups is 2. The van der Waals surface area contributed by atoms with E-state index in [1.54, 1.807) is 0 Å². The Kier molecular flexibility index (Phi) is 4.34. The average Bonchev–Trinajstić information content (AvgIpc) is 2.84. The summed E-state index contributed by atoms with van der Waals surface area (Å²) in [6.45, 7) is 3.96. The van der Waals surface area contributed by atoms with Crippen molar-refractivity contribution < 1.29 is 18.0 Å². The summed E-state index contributed by atoms with van der Waals surface area (Å²) in [6.07, 6.45) is -0.0165. The standard InChI is InChI=1S/C18H18N2O4S/c1-12-3-6-15(11-13(12)2)19-18(22)14-4-7-16(8-5-14)20-17(21)9-10-25(20,23)24/h3-8,11H,9-10H2,1-2H3,(H,19,22). The van der Waals surface area contributed by atoms with Crippen molar-refractivity contribution in [3.8, 4) is 0 Å². The molecule has 6 nitrogen and oxygen atoms in total. The number of anilines is 2. The van der Waals surface area contributed by atoms with Crippen LogP contribution < -0.4 is 9.62 Å². The molecule has 0 saturated carbocycles. The van der Waals surface area contributed by atoms with Gasteiger partial charge in [0.1, 0.15) is 0 Å². The van der Waals surface area contributed by atoms with Gasteiger partial charge in [0.15, 0.2) is 0 Å². The van der Waals surface area contributed by atoms with Gasteiger partial charge in [-0.2, -0.15) is 0 Å². The minimum atomic E-state index is -3.60. The van der Waals surface area contributed by atoms with E-state index in [0.717, 1.165) is 15.4 Å². The fourth-order valence-electron chi connectivity index (χ4n) is 2.64. The van der Waals surface area contributed by atoms with Crippen molar-refractivity contribution in [2.45, 2.75) is 20.3 Å². The van der Waals surface area contributed by atoms with E-state index in [9.17, 15) is 18.0 Å². The molecule has 1 N–H and O–H groups in total. The molecule has 1 saturated heterocycles. The normalized spacial score (nSPS) is 16.1. The first-order valence-electron chi connectivity index (χ1n) is 7.82. The minimum Gasteiger partial charge on any atom is -0.322 e. The number of benzene rings is 2. The van der Waals surface area contributed by atoms with E-state index >= 15 is 0 Å². The molecule has 0 bridgehead atoms. The fraction of sp³-hybridized carbons (Fsp3) is 0.222. The van der Waals surface area contributed by atoms with Crippen LogP contribution in [0.4, 0.5) is 11.4 Å². The third-order valence-corrected chi connectivity index (χ3v) is 5.90. The summed E-state index contributed by atoms with van der Waals surface area (Å²) in [7, 11) is -3.60. The lowest BCUT2D eigenvalue weighted by Crippen LogP contribution is -2.29. The molecule has 0 aliphatic carbocycles. The number of sulfonamides is 1. The molecule has 1 fully saturated rings. The summed E-state index contributed by atoms with van der Waals surface area (Å²) < 4.78 is 24.6. The molecular formula is C18H18N2O4S. The second-order valence-electron chi connectivity index (χ2n) is 6.02. The van der Waals surface area contributed by atoms with Crippen LogP contribution in [-0.4, -0.2) is 26.0 Å². The molecule has 1 heterocycles. The number of nitrogens with zero attached hydrogens (tertiary/aromatic N) is 1. The molecule has 0 radical (unpaired) electrons. The quantitative estimate of drug-likeness (QED) is 0.914. The largest absolute Gasteiger partial charge is 0.322 e. The van der Waals surface area contributed by atoms with Gasteiger partial charge in [-0.05, 0) is 61.4 Å². The van der Waals surface area contributed by atoms with E-state index in [1.807, 2.05) is 32.0 Å². The molecule has 130 valence electrons. The molecule has 3 rings (SSSR count). The molecule has 25 heavy (non-hydrogen) atoms. The monoisotopic (exact) mass is 358 g/mol. The van der Waals surface area contributed by atoms with Crippen LogP contribution in [-0.2, 0) is 14.8 Å². The van der Waals surface area contributed by atoms with Gasteiger partial charge < -0.3 is 5.32 Å². The van der Waals surface area contributed by atoms with Crippen molar-refractivity contribution in [3.05, 3.63) is 59.2 Å². The van der Waals surface area contributed by atoms with Crippen LogP contribution in [0.3, 0.4) is 0 Å². The van der Waals surface area contributed by atoms with Crippen LogP contribution in [0.2, 0.25) is 0 Å². The molecular weight excluding hydrogens is 340 g/mol. The summed E-state index contributed by atoms with van der Waals surface area (Å²) in [5.74, 6) is -0.932. The van der Waals surface area contributed by atoms with Crippen molar-refractivity contribution in [3.63, 3.8) is 0 Å². The van der Waals surface area contributed by atoms with Crippen molar-refractivity contribution in [1.82, 2.24) is 0 Å². The van der Waals surface area contributed by atoms with E-state index in [-0.39, 0.29) is 23.8 Å². The van der Waals surface area contributed by atoms with Crippen LogP contribution in [0.25, 0.3) is 0 Å². The fourth-order valence-corrected chi connectivity index (χ4v) is 4.10. The van der Waals surface area contributed by atoms with Crippen molar-refractivity contribution in [2.24, 2.45) is 0 Å². The number of aryl methyl sites for hydroxylation is 2. The minimum absolute atomic E-state index is 0.0165. The number of carbonyl (C=O) groups excluding carboxylic acids is 2. The lowest BCUT2D eigenvalue weighted by atomic mass is 10.1. The molecule has 2 amide bonds. The summed E-state index contributed by atoms with van der Waals surface area (Å²) >= 11 is 0. The predicted molar refractivity (Wildman–Crippen MR) is 96.2 cm³/mol. The molecule has 0 atom stereocenters. The maximum atomic E-state index is 12.3. The highest BCUT2D eigenvalue weighted by molar-refractivity contribution is 7.94. The Balaban J connectivity index is 1.79. The SMILES string of the molecule is Cc1ccc(NC(=O)c2ccc(N3C(=O)CCS3(=O)=O)cc2)cc1C. The number of hydrogen-bond acceptors (Lipinski definition) is 4. The van der Waals surface area contributed by atoms with Gasteiger partial charge >= 0.3 is 0 Å². The van der Waals surface area contributed by atoms with E-state index in [1.165, 1.54) is 24.3 Å². The number of amides is 2. The van der Waals surface area contributed by atoms with Gasteiger partial charge in [0, 0.05) is 17.7 Å². The van der Waals surface area contributed by atoms with Crippen molar-refractivity contribution in [1.29, 1.82) is 0 Å². The molecule has 1 aliphatic rings. The van der Waals surface area contributed by atoms with Crippen molar-refractivity contribution >= 4 is 33.2 Å². The first kappa shape index (κ1) is 17.2. The Morgan fingerprint density at radius 2 is 1.72 bits per heavy atom. The van der Waals surface area contributed by atoms with Crippen LogP contribution >= 0.6 is 0 Å². The number of nitrogens with one attached hydrogen (secondary N) is 1. The van der Waals surface area contributed by atoms with Crippen LogP contribution in [0, 0.1) is 13.8 Å². The highest BCUT2D eigenvalue weighted by Crippen LogP contribution is 2.25. The summed E-state index contributed by atoms with van der Waals surface area (Å²) in [4.78, 5) is 24.1. The second-order valence-corrected chi connectivity index (χ2v) is 7.96. The van der Waals surface area contributed by atoms with Gasteiger partial charge in [-0.1, -0.05) is 6.07 Å². The van der Waals surface area contributed by atoms with E-state index in [2.05, 4.69) is 5.32 Å². The molecule has 0 unspecified atom stereocenters. The summed E-state index contributed by atoms with van der Waals surface area (Å²) in [5.41, 5.74) is 3.54. The Bertz CT molecular complexity index is 950. The lowest BCUT2D eigenvalue weighted by Gasteiger charge is -2.15. The van der Waals surface area contributed by atoms with Crippen LogP contribution in [0.5, 0.6) is 0 Å². The Morgan fingerprint density at radius 3 is 2.28 bits per heavy atom. The van der Waals surface area contributed by atoms with E-state index in [0.29, 0.717) is 11.3 Å².